The van der Waals surface area contributed by atoms with E-state index in [1.165, 1.54) is 6.08 Å². The first-order valence-corrected chi connectivity index (χ1v) is 5.55. The molecule has 0 atom stereocenters. The van der Waals surface area contributed by atoms with Crippen LogP contribution in [0.1, 0.15) is 15.9 Å². The Labute approximate surface area is 106 Å². The number of para-hydroxylation sites is 1. The van der Waals surface area contributed by atoms with E-state index in [4.69, 9.17) is 4.74 Å². The number of allylic oxidation sites excluding steroid dienone is 1. The van der Waals surface area contributed by atoms with E-state index in [-0.39, 0.29) is 5.78 Å². The molecular weight excluding hydrogens is 228 g/mol. The van der Waals surface area contributed by atoms with Crippen molar-refractivity contribution in [3.63, 3.8) is 0 Å². The molecule has 0 aliphatic rings. The summed E-state index contributed by atoms with van der Waals surface area (Å²) >= 11 is 0. The zero-order chi connectivity index (χ0) is 13.0. The number of methoxy groups -OCH3 is 1. The summed E-state index contributed by atoms with van der Waals surface area (Å²) in [5, 5.41) is 3.96. The Hall–Kier alpha value is -2.36. The lowest BCUT2D eigenvalue weighted by atomic mass is 10.1. The van der Waals surface area contributed by atoms with Gasteiger partial charge in [-0.3, -0.25) is 9.48 Å². The number of carbonyl (C=O) groups excluding carboxylic acids is 1. The van der Waals surface area contributed by atoms with E-state index in [9.17, 15) is 4.79 Å². The molecule has 0 radical (unpaired) electrons. The monoisotopic (exact) mass is 242 g/mol. The molecule has 1 heterocycles. The van der Waals surface area contributed by atoms with E-state index >= 15 is 0 Å². The van der Waals surface area contributed by atoms with Gasteiger partial charge >= 0.3 is 0 Å². The molecule has 0 fully saturated rings. The first-order chi connectivity index (χ1) is 8.70. The molecule has 0 bridgehead atoms. The van der Waals surface area contributed by atoms with Crippen molar-refractivity contribution in [2.45, 2.75) is 0 Å². The van der Waals surface area contributed by atoms with Crippen molar-refractivity contribution in [1.29, 1.82) is 0 Å². The van der Waals surface area contributed by atoms with Crippen LogP contribution in [0.15, 0.2) is 42.7 Å². The van der Waals surface area contributed by atoms with E-state index in [0.29, 0.717) is 5.56 Å². The number of benzene rings is 1. The molecule has 0 saturated heterocycles. The molecular formula is C14H14N2O2. The highest BCUT2D eigenvalue weighted by Gasteiger charge is 2.04. The highest BCUT2D eigenvalue weighted by Crippen LogP contribution is 2.18. The fraction of sp³-hybridized carbons (Fsp3) is 0.143. The van der Waals surface area contributed by atoms with Crippen LogP contribution in [0, 0.1) is 0 Å². The second-order valence-electron chi connectivity index (χ2n) is 3.84. The van der Waals surface area contributed by atoms with Crippen LogP contribution in [0.4, 0.5) is 0 Å². The molecule has 0 amide bonds. The molecule has 0 spiro atoms. The third kappa shape index (κ3) is 2.66. The van der Waals surface area contributed by atoms with Crippen LogP contribution >= 0.6 is 0 Å². The smallest absolute Gasteiger partial charge is 0.189 e. The Bertz CT molecular complexity index is 585. The summed E-state index contributed by atoms with van der Waals surface area (Å²) in [6.45, 7) is 0. The average molecular weight is 242 g/mol. The van der Waals surface area contributed by atoms with Gasteiger partial charge in [-0.05, 0) is 18.2 Å². The lowest BCUT2D eigenvalue weighted by Gasteiger charge is -2.02. The molecule has 0 N–H and O–H groups in total. The van der Waals surface area contributed by atoms with E-state index in [2.05, 4.69) is 5.10 Å². The zero-order valence-corrected chi connectivity index (χ0v) is 10.3. The van der Waals surface area contributed by atoms with Gasteiger partial charge in [-0.2, -0.15) is 5.10 Å². The van der Waals surface area contributed by atoms with Gasteiger partial charge in [-0.25, -0.2) is 0 Å². The number of carbonyl (C=O) groups is 1. The van der Waals surface area contributed by atoms with Crippen LogP contribution in [0.2, 0.25) is 0 Å². The molecule has 0 aliphatic carbocycles. The maximum Gasteiger partial charge on any atom is 0.189 e. The highest BCUT2D eigenvalue weighted by molar-refractivity contribution is 6.06. The number of nitrogens with zero attached hydrogens (tertiary/aromatic N) is 2. The van der Waals surface area contributed by atoms with E-state index in [0.717, 1.165) is 11.3 Å². The normalized spacial score (nSPS) is 10.8. The third-order valence-electron chi connectivity index (χ3n) is 2.54. The summed E-state index contributed by atoms with van der Waals surface area (Å²) < 4.78 is 6.81. The van der Waals surface area contributed by atoms with Gasteiger partial charge in [0.2, 0.25) is 0 Å². The fourth-order valence-corrected chi connectivity index (χ4v) is 1.61. The van der Waals surface area contributed by atoms with Crippen LogP contribution < -0.4 is 4.74 Å². The Morgan fingerprint density at radius 1 is 1.39 bits per heavy atom. The third-order valence-corrected chi connectivity index (χ3v) is 2.54. The van der Waals surface area contributed by atoms with Crippen LogP contribution in [0.3, 0.4) is 0 Å². The molecule has 92 valence electrons. The molecule has 4 nitrogen and oxygen atoms in total. The number of hydrogen-bond acceptors (Lipinski definition) is 3. The quantitative estimate of drug-likeness (QED) is 0.610. The fourth-order valence-electron chi connectivity index (χ4n) is 1.61. The average Bonchev–Trinajstić information content (AvgIpc) is 2.83. The van der Waals surface area contributed by atoms with Crippen molar-refractivity contribution in [3.8, 4) is 5.75 Å². The Morgan fingerprint density at radius 2 is 2.17 bits per heavy atom. The van der Waals surface area contributed by atoms with Crippen molar-refractivity contribution < 1.29 is 9.53 Å². The van der Waals surface area contributed by atoms with Crippen molar-refractivity contribution in [2.75, 3.05) is 7.11 Å². The number of rotatable bonds is 4. The summed E-state index contributed by atoms with van der Waals surface area (Å²) in [6, 6.07) is 7.54. The predicted octanol–water partition coefficient (Wildman–Crippen LogP) is 2.32. The van der Waals surface area contributed by atoms with E-state index in [1.54, 1.807) is 37.3 Å². The number of ether oxygens (including phenoxy) is 1. The number of hydrogen-bond donors (Lipinski definition) is 0. The maximum atomic E-state index is 11.9. The largest absolute Gasteiger partial charge is 0.496 e. The summed E-state index contributed by atoms with van der Waals surface area (Å²) in [5.41, 5.74) is 1.45. The van der Waals surface area contributed by atoms with Crippen molar-refractivity contribution in [3.05, 3.63) is 53.9 Å². The second kappa shape index (κ2) is 5.31. The van der Waals surface area contributed by atoms with Crippen LogP contribution in [-0.2, 0) is 7.05 Å². The molecule has 1 aromatic carbocycles. The SMILES string of the molecule is COc1ccccc1/C=C/C(=O)c1cnn(C)c1. The minimum Gasteiger partial charge on any atom is -0.496 e. The molecule has 0 unspecified atom stereocenters. The maximum absolute atomic E-state index is 11.9. The summed E-state index contributed by atoms with van der Waals surface area (Å²) in [5.74, 6) is 0.668. The summed E-state index contributed by atoms with van der Waals surface area (Å²) in [7, 11) is 3.39. The van der Waals surface area contributed by atoms with Gasteiger partial charge in [0.05, 0.1) is 18.9 Å². The molecule has 2 rings (SSSR count). The molecule has 2 aromatic rings. The Morgan fingerprint density at radius 3 is 2.83 bits per heavy atom. The van der Waals surface area contributed by atoms with Gasteiger partial charge in [-0.1, -0.05) is 18.2 Å². The minimum atomic E-state index is -0.0750. The van der Waals surface area contributed by atoms with Crippen molar-refractivity contribution in [2.24, 2.45) is 7.05 Å². The molecule has 18 heavy (non-hydrogen) atoms. The van der Waals surface area contributed by atoms with Gasteiger partial charge in [0.15, 0.2) is 5.78 Å². The lowest BCUT2D eigenvalue weighted by Crippen LogP contribution is -1.92. The first-order valence-electron chi connectivity index (χ1n) is 5.55. The molecule has 1 aromatic heterocycles. The Kier molecular flexibility index (Phi) is 3.57. The molecule has 4 heteroatoms. The lowest BCUT2D eigenvalue weighted by molar-refractivity contribution is 0.104. The highest BCUT2D eigenvalue weighted by atomic mass is 16.5. The summed E-state index contributed by atoms with van der Waals surface area (Å²) in [6.07, 6.45) is 6.51. The zero-order valence-electron chi connectivity index (χ0n) is 10.3. The first kappa shape index (κ1) is 12.1. The van der Waals surface area contributed by atoms with Gasteiger partial charge in [0.25, 0.3) is 0 Å². The van der Waals surface area contributed by atoms with Gasteiger partial charge < -0.3 is 4.74 Å². The van der Waals surface area contributed by atoms with Gasteiger partial charge in [0, 0.05) is 18.8 Å². The van der Waals surface area contributed by atoms with Gasteiger partial charge in [0.1, 0.15) is 5.75 Å². The number of ketones is 1. The van der Waals surface area contributed by atoms with Crippen LogP contribution in [0.5, 0.6) is 5.75 Å². The minimum absolute atomic E-state index is 0.0750. The van der Waals surface area contributed by atoms with Crippen molar-refractivity contribution >= 4 is 11.9 Å². The van der Waals surface area contributed by atoms with Crippen LogP contribution in [0.25, 0.3) is 6.08 Å². The topological polar surface area (TPSA) is 44.1 Å². The number of aryl methyl sites for hydroxylation is 1. The summed E-state index contributed by atoms with van der Waals surface area (Å²) in [4.78, 5) is 11.9. The molecule has 0 saturated carbocycles. The van der Waals surface area contributed by atoms with E-state index in [1.807, 2.05) is 24.3 Å². The molecule has 0 aliphatic heterocycles. The Balaban J connectivity index is 2.18. The standard InChI is InChI=1S/C14H14N2O2/c1-16-10-12(9-15-16)13(17)8-7-11-5-3-4-6-14(11)18-2/h3-10H,1-2H3/b8-7+. The van der Waals surface area contributed by atoms with Crippen molar-refractivity contribution in [1.82, 2.24) is 9.78 Å². The van der Waals surface area contributed by atoms with Gasteiger partial charge in [-0.15, -0.1) is 0 Å². The second-order valence-corrected chi connectivity index (χ2v) is 3.84. The van der Waals surface area contributed by atoms with E-state index < -0.39 is 0 Å². The van der Waals surface area contributed by atoms with Crippen LogP contribution in [-0.4, -0.2) is 22.7 Å². The number of aromatic nitrogens is 2. The predicted molar refractivity (Wildman–Crippen MR) is 69.6 cm³/mol.